The molecule has 4 atom stereocenters. The summed E-state index contributed by atoms with van der Waals surface area (Å²) in [7, 11) is 0. The predicted molar refractivity (Wildman–Crippen MR) is 177 cm³/mol. The number of carbonyl (C=O) groups is 2. The first-order valence-corrected chi connectivity index (χ1v) is 15.9. The van der Waals surface area contributed by atoms with Crippen molar-refractivity contribution in [2.75, 3.05) is 11.9 Å². The smallest absolute Gasteiger partial charge is 0.420 e. The van der Waals surface area contributed by atoms with Gasteiger partial charge in [0.05, 0.1) is 18.4 Å². The van der Waals surface area contributed by atoms with Gasteiger partial charge in [-0.3, -0.25) is 0 Å². The zero-order valence-electron chi connectivity index (χ0n) is 27.3. The summed E-state index contributed by atoms with van der Waals surface area (Å²) in [5.74, 6) is 0.381. The van der Waals surface area contributed by atoms with Gasteiger partial charge in [-0.25, -0.2) is 19.5 Å². The van der Waals surface area contributed by atoms with Crippen LogP contribution in [0.1, 0.15) is 71.0 Å². The number of imide groups is 1. The van der Waals surface area contributed by atoms with Crippen LogP contribution >= 0.6 is 11.6 Å². The highest BCUT2D eigenvalue weighted by atomic mass is 35.5. The fraction of sp³-hybridized carbons (Fsp3) is 0.441. The monoisotopic (exact) mass is 664 g/mol. The number of amides is 2. The lowest BCUT2D eigenvalue weighted by atomic mass is 9.91. The number of imidazole rings is 1. The Labute approximate surface area is 278 Å². The van der Waals surface area contributed by atoms with E-state index in [1.807, 2.05) is 36.4 Å². The zero-order chi connectivity index (χ0) is 34.1. The molecule has 3 N–H and O–H groups in total. The molecule has 2 aromatic heterocycles. The number of aromatic nitrogens is 4. The SMILES string of the molecule is CC(C)(C)OC(=O)N(C(=O)OC(C)(C)C)C1C[C@@H](n2cnc3c(NCC(c4ccccc4)c4ccccc4)nc(Cl)nc32)[C@H](O)[C@H]1O. The molecule has 0 spiro atoms. The van der Waals surface area contributed by atoms with Crippen LogP contribution in [0, 0.1) is 0 Å². The van der Waals surface area contributed by atoms with Gasteiger partial charge in [-0.15, -0.1) is 0 Å². The highest BCUT2D eigenvalue weighted by Crippen LogP contribution is 2.38. The molecule has 1 saturated carbocycles. The summed E-state index contributed by atoms with van der Waals surface area (Å²) in [6.07, 6.45) is -3.49. The topological polar surface area (TPSA) is 152 Å². The standard InChI is InChI=1S/C34H41ClN6O6/c1-33(2,3)46-31(44)41(32(45)47-34(4,5)6)24-17-23(26(42)27(24)43)40-19-37-25-28(38-30(35)39-29(25)40)36-18-22(20-13-9-7-10-14-20)21-15-11-8-12-16-21/h7-16,19,22-24,26-27,42-43H,17-18H2,1-6H3,(H,36,38,39)/t23-,24?,26+,27+/m1/s1. The molecule has 2 heterocycles. The summed E-state index contributed by atoms with van der Waals surface area (Å²) in [6, 6.07) is 18.2. The summed E-state index contributed by atoms with van der Waals surface area (Å²) in [4.78, 5) is 40.7. The van der Waals surface area contributed by atoms with Crippen molar-refractivity contribution in [3.05, 3.63) is 83.4 Å². The molecule has 0 bridgehead atoms. The normalized spacial score (nSPS) is 20.0. The van der Waals surface area contributed by atoms with E-state index in [4.69, 9.17) is 21.1 Å². The van der Waals surface area contributed by atoms with E-state index in [0.29, 0.717) is 23.5 Å². The van der Waals surface area contributed by atoms with Crippen LogP contribution in [-0.2, 0) is 9.47 Å². The van der Waals surface area contributed by atoms with Gasteiger partial charge in [-0.2, -0.15) is 9.97 Å². The summed E-state index contributed by atoms with van der Waals surface area (Å²) >= 11 is 6.41. The number of nitrogens with zero attached hydrogens (tertiary/aromatic N) is 5. The van der Waals surface area contributed by atoms with Crippen LogP contribution in [0.3, 0.4) is 0 Å². The number of carbonyl (C=O) groups excluding carboxylic acids is 2. The van der Waals surface area contributed by atoms with Crippen LogP contribution in [0.2, 0.25) is 5.28 Å². The minimum atomic E-state index is -1.52. The molecule has 13 heteroatoms. The van der Waals surface area contributed by atoms with E-state index in [0.717, 1.165) is 16.0 Å². The maximum Gasteiger partial charge on any atom is 0.420 e. The third-order valence-corrected chi connectivity index (χ3v) is 7.93. The summed E-state index contributed by atoms with van der Waals surface area (Å²) in [5.41, 5.74) is 1.06. The van der Waals surface area contributed by atoms with Crippen molar-refractivity contribution >= 4 is 40.8 Å². The lowest BCUT2D eigenvalue weighted by molar-refractivity contribution is -0.0349. The lowest BCUT2D eigenvalue weighted by Gasteiger charge is -2.33. The van der Waals surface area contributed by atoms with Crippen molar-refractivity contribution in [2.24, 2.45) is 0 Å². The van der Waals surface area contributed by atoms with Gasteiger partial charge in [0.2, 0.25) is 5.28 Å². The Balaban J connectivity index is 1.45. The van der Waals surface area contributed by atoms with Crippen LogP contribution in [-0.4, -0.2) is 82.8 Å². The zero-order valence-corrected chi connectivity index (χ0v) is 28.0. The van der Waals surface area contributed by atoms with Gasteiger partial charge in [-0.1, -0.05) is 60.7 Å². The molecule has 1 aliphatic rings. The van der Waals surface area contributed by atoms with E-state index < -0.39 is 47.7 Å². The van der Waals surface area contributed by atoms with Crippen LogP contribution in [0.25, 0.3) is 11.2 Å². The van der Waals surface area contributed by atoms with E-state index in [-0.39, 0.29) is 17.6 Å². The predicted octanol–water partition coefficient (Wildman–Crippen LogP) is 5.93. The third-order valence-electron chi connectivity index (χ3n) is 7.76. The van der Waals surface area contributed by atoms with Gasteiger partial charge in [0.25, 0.3) is 0 Å². The molecule has 0 aliphatic heterocycles. The van der Waals surface area contributed by atoms with Crippen LogP contribution in [0.5, 0.6) is 0 Å². The number of aliphatic hydroxyl groups is 2. The Morgan fingerprint density at radius 1 is 0.915 bits per heavy atom. The lowest BCUT2D eigenvalue weighted by Crippen LogP contribution is -2.52. The second-order valence-electron chi connectivity index (χ2n) is 13.6. The molecule has 1 unspecified atom stereocenters. The number of hydrogen-bond donors (Lipinski definition) is 3. The van der Waals surface area contributed by atoms with Crippen LogP contribution in [0.15, 0.2) is 67.0 Å². The molecular formula is C34H41ClN6O6. The van der Waals surface area contributed by atoms with Crippen molar-refractivity contribution in [1.82, 2.24) is 24.4 Å². The Morgan fingerprint density at radius 3 is 1.96 bits per heavy atom. The molecule has 0 saturated heterocycles. The van der Waals surface area contributed by atoms with Crippen molar-refractivity contribution in [2.45, 2.75) is 89.4 Å². The summed E-state index contributed by atoms with van der Waals surface area (Å²) in [5, 5.41) is 25.9. The molecule has 0 radical (unpaired) electrons. The molecule has 4 aromatic rings. The van der Waals surface area contributed by atoms with Crippen molar-refractivity contribution in [3.63, 3.8) is 0 Å². The average Bonchev–Trinajstić information content (AvgIpc) is 3.53. The van der Waals surface area contributed by atoms with E-state index in [9.17, 15) is 19.8 Å². The Hall–Kier alpha value is -4.26. The van der Waals surface area contributed by atoms with Gasteiger partial charge in [0.1, 0.15) is 23.4 Å². The number of rotatable bonds is 7. The first-order chi connectivity index (χ1) is 22.1. The maximum atomic E-state index is 13.3. The highest BCUT2D eigenvalue weighted by molar-refractivity contribution is 6.28. The summed E-state index contributed by atoms with van der Waals surface area (Å²) < 4.78 is 12.6. The number of fused-ring (bicyclic) bond motifs is 1. The van der Waals surface area contributed by atoms with Gasteiger partial charge in [0.15, 0.2) is 17.0 Å². The molecule has 5 rings (SSSR count). The van der Waals surface area contributed by atoms with Gasteiger partial charge in [0, 0.05) is 12.5 Å². The van der Waals surface area contributed by atoms with E-state index in [1.54, 1.807) is 46.1 Å². The molecule has 1 fully saturated rings. The molecular weight excluding hydrogens is 624 g/mol. The number of nitrogens with one attached hydrogen (secondary N) is 1. The number of ether oxygens (including phenoxy) is 2. The molecule has 47 heavy (non-hydrogen) atoms. The third kappa shape index (κ3) is 7.83. The number of benzene rings is 2. The highest BCUT2D eigenvalue weighted by Gasteiger charge is 2.50. The fourth-order valence-corrected chi connectivity index (χ4v) is 5.90. The van der Waals surface area contributed by atoms with Crippen LogP contribution in [0.4, 0.5) is 15.4 Å². The second kappa shape index (κ2) is 13.5. The minimum Gasteiger partial charge on any atom is -0.443 e. The molecule has 250 valence electrons. The Morgan fingerprint density at radius 2 is 1.45 bits per heavy atom. The first kappa shape index (κ1) is 34.1. The molecule has 2 aromatic carbocycles. The van der Waals surface area contributed by atoms with Crippen molar-refractivity contribution in [3.8, 4) is 0 Å². The van der Waals surface area contributed by atoms with E-state index >= 15 is 0 Å². The van der Waals surface area contributed by atoms with Gasteiger partial charge in [-0.05, 0) is 70.7 Å². The minimum absolute atomic E-state index is 0.0115. The maximum absolute atomic E-state index is 13.3. The Kier molecular flexibility index (Phi) is 9.76. The molecule has 1 aliphatic carbocycles. The van der Waals surface area contributed by atoms with Gasteiger partial charge < -0.3 is 29.6 Å². The summed E-state index contributed by atoms with van der Waals surface area (Å²) in [6.45, 7) is 10.4. The molecule has 12 nitrogen and oxygen atoms in total. The number of halogens is 1. The average molecular weight is 665 g/mol. The quantitative estimate of drug-likeness (QED) is 0.203. The van der Waals surface area contributed by atoms with Crippen molar-refractivity contribution < 1.29 is 29.3 Å². The van der Waals surface area contributed by atoms with E-state index in [2.05, 4.69) is 44.5 Å². The fourth-order valence-electron chi connectivity index (χ4n) is 5.74. The van der Waals surface area contributed by atoms with Crippen molar-refractivity contribution in [1.29, 1.82) is 0 Å². The largest absolute Gasteiger partial charge is 0.443 e. The number of hydrogen-bond acceptors (Lipinski definition) is 10. The number of anilines is 1. The number of aliphatic hydroxyl groups excluding tert-OH is 2. The van der Waals surface area contributed by atoms with Crippen LogP contribution < -0.4 is 5.32 Å². The van der Waals surface area contributed by atoms with Gasteiger partial charge >= 0.3 is 12.2 Å². The Bertz CT molecular complexity index is 1640. The van der Waals surface area contributed by atoms with E-state index in [1.165, 1.54) is 6.33 Å². The molecule has 2 amide bonds. The second-order valence-corrected chi connectivity index (χ2v) is 13.9. The first-order valence-electron chi connectivity index (χ1n) is 15.5.